The van der Waals surface area contributed by atoms with Crippen LogP contribution in [0.1, 0.15) is 31.8 Å². The largest absolute Gasteiger partial charge is 0.369 e. The Morgan fingerprint density at radius 3 is 2.38 bits per heavy atom. The summed E-state index contributed by atoms with van der Waals surface area (Å²) in [4.78, 5) is 47.3. The average Bonchev–Trinajstić information content (AvgIpc) is 3.34. The third kappa shape index (κ3) is 5.77. The molecule has 0 atom stereocenters. The fraction of sp³-hybridized carbons (Fsp3) is 0.152. The lowest BCUT2D eigenvalue weighted by Gasteiger charge is -2.34. The summed E-state index contributed by atoms with van der Waals surface area (Å²) in [5, 5.41) is 8.91. The zero-order valence-corrected chi connectivity index (χ0v) is 23.1. The van der Waals surface area contributed by atoms with E-state index in [2.05, 4.69) is 49.9 Å². The van der Waals surface area contributed by atoms with Crippen molar-refractivity contribution >= 4 is 45.9 Å². The van der Waals surface area contributed by atoms with Crippen LogP contribution < -0.4 is 20.9 Å². The van der Waals surface area contributed by atoms with E-state index >= 15 is 0 Å². The molecule has 0 unspecified atom stereocenters. The Morgan fingerprint density at radius 2 is 1.62 bits per heavy atom. The van der Waals surface area contributed by atoms with Gasteiger partial charge in [-0.1, -0.05) is 24.3 Å². The van der Waals surface area contributed by atoms with E-state index in [9.17, 15) is 14.4 Å². The van der Waals surface area contributed by atoms with Gasteiger partial charge in [0.05, 0.1) is 11.1 Å². The van der Waals surface area contributed by atoms with Gasteiger partial charge in [-0.25, -0.2) is 0 Å². The number of anilines is 4. The third-order valence-corrected chi connectivity index (χ3v) is 7.49. The molecule has 0 spiro atoms. The number of fused-ring (bicyclic) bond motifs is 1. The lowest BCUT2D eigenvalue weighted by molar-refractivity contribution is -0.110. The van der Waals surface area contributed by atoms with E-state index in [-0.39, 0.29) is 17.6 Å². The monoisotopic (exact) mass is 558 g/mol. The fourth-order valence-corrected chi connectivity index (χ4v) is 5.07. The number of ketones is 1. The molecule has 4 aromatic rings. The maximum Gasteiger partial charge on any atom is 0.257 e. The Morgan fingerprint density at radius 1 is 0.857 bits per heavy atom. The number of aromatic nitrogens is 1. The number of pyridine rings is 1. The summed E-state index contributed by atoms with van der Waals surface area (Å²) in [5.74, 6) is -0.774. The highest BCUT2D eigenvalue weighted by atomic mass is 16.2. The highest BCUT2D eigenvalue weighted by Crippen LogP contribution is 2.33. The number of likely N-dealkylation sites (N-methyl/N-ethyl adjacent to an activating group) is 1. The molecule has 1 saturated heterocycles. The summed E-state index contributed by atoms with van der Waals surface area (Å²) in [6.07, 6.45) is 4.77. The number of rotatable bonds is 7. The second-order valence-electron chi connectivity index (χ2n) is 10.4. The van der Waals surface area contributed by atoms with E-state index in [1.165, 1.54) is 11.9 Å². The van der Waals surface area contributed by atoms with Crippen molar-refractivity contribution in [2.24, 2.45) is 0 Å². The van der Waals surface area contributed by atoms with Gasteiger partial charge in [-0.15, -0.1) is 0 Å². The molecule has 0 radical (unpaired) electrons. The number of carbonyl (C=O) groups excluding carboxylic acids is 3. The number of hydrogen-bond acceptors (Lipinski definition) is 7. The molecule has 9 nitrogen and oxygen atoms in total. The normalized spacial score (nSPS) is 15.7. The van der Waals surface area contributed by atoms with Crippen LogP contribution >= 0.6 is 0 Å². The fourth-order valence-electron chi connectivity index (χ4n) is 5.07. The zero-order chi connectivity index (χ0) is 29.1. The first-order chi connectivity index (χ1) is 20.4. The molecule has 3 N–H and O–H groups in total. The first-order valence-corrected chi connectivity index (χ1v) is 13.8. The first-order valence-electron chi connectivity index (χ1n) is 13.8. The van der Waals surface area contributed by atoms with Crippen molar-refractivity contribution in [1.29, 1.82) is 0 Å². The molecule has 2 amide bonds. The molecule has 210 valence electrons. The van der Waals surface area contributed by atoms with E-state index < -0.39 is 0 Å². The van der Waals surface area contributed by atoms with Crippen LogP contribution in [-0.2, 0) is 4.79 Å². The summed E-state index contributed by atoms with van der Waals surface area (Å²) >= 11 is 0. The highest BCUT2D eigenvalue weighted by molar-refractivity contribution is 6.32. The molecular formula is C33H30N6O3. The topological polar surface area (TPSA) is 107 Å². The average molecular weight is 559 g/mol. The van der Waals surface area contributed by atoms with Crippen molar-refractivity contribution in [1.82, 2.24) is 9.88 Å². The molecule has 1 fully saturated rings. The van der Waals surface area contributed by atoms with Gasteiger partial charge in [0.25, 0.3) is 11.8 Å². The maximum absolute atomic E-state index is 13.3. The predicted molar refractivity (Wildman–Crippen MR) is 165 cm³/mol. The third-order valence-electron chi connectivity index (χ3n) is 7.49. The van der Waals surface area contributed by atoms with Crippen molar-refractivity contribution in [3.8, 4) is 0 Å². The number of benzene rings is 3. The second kappa shape index (κ2) is 11.7. The Balaban J connectivity index is 1.14. The molecule has 42 heavy (non-hydrogen) atoms. The predicted octanol–water partition coefficient (Wildman–Crippen LogP) is 4.72. The summed E-state index contributed by atoms with van der Waals surface area (Å²) in [6, 6.07) is 23.5. The lowest BCUT2D eigenvalue weighted by Crippen LogP contribution is -2.44. The van der Waals surface area contributed by atoms with Crippen LogP contribution in [0.2, 0.25) is 0 Å². The van der Waals surface area contributed by atoms with Gasteiger partial charge in [0, 0.05) is 84.2 Å². The molecule has 6 rings (SSSR count). The van der Waals surface area contributed by atoms with Gasteiger partial charge in [-0.05, 0) is 61.6 Å². The van der Waals surface area contributed by atoms with Crippen LogP contribution in [0.15, 0.2) is 97.5 Å². The number of amides is 2. The van der Waals surface area contributed by atoms with Gasteiger partial charge < -0.3 is 25.8 Å². The Labute approximate surface area is 243 Å². The summed E-state index contributed by atoms with van der Waals surface area (Å²) in [7, 11) is 2.14. The van der Waals surface area contributed by atoms with E-state index in [1.807, 2.05) is 12.1 Å². The minimum atomic E-state index is -0.313. The van der Waals surface area contributed by atoms with Crippen molar-refractivity contribution in [2.75, 3.05) is 54.1 Å². The lowest BCUT2D eigenvalue weighted by atomic mass is 9.99. The van der Waals surface area contributed by atoms with Crippen LogP contribution in [0.5, 0.6) is 0 Å². The van der Waals surface area contributed by atoms with Crippen molar-refractivity contribution in [2.45, 2.75) is 0 Å². The Hall–Kier alpha value is -5.28. The number of hydrogen-bond donors (Lipinski definition) is 3. The number of nitrogens with one attached hydrogen (secondary N) is 3. The first kappa shape index (κ1) is 26.9. The highest BCUT2D eigenvalue weighted by Gasteiger charge is 2.25. The number of nitrogens with zero attached hydrogens (tertiary/aromatic N) is 3. The smallest absolute Gasteiger partial charge is 0.257 e. The summed E-state index contributed by atoms with van der Waals surface area (Å²) in [5.41, 5.74) is 5.61. The van der Waals surface area contributed by atoms with Gasteiger partial charge in [0.15, 0.2) is 5.78 Å². The van der Waals surface area contributed by atoms with E-state index in [0.717, 1.165) is 37.4 Å². The van der Waals surface area contributed by atoms with Crippen molar-refractivity contribution in [3.63, 3.8) is 0 Å². The standard InChI is InChI=1S/C33H30N6O3/c1-38-14-16-39(17-15-38)27-10-8-25(9-11-27)35-21-29-28-12-7-23(19-30(28)37-33(29)42)31(40)22-4-2-6-26(18-22)36-32(41)24-5-3-13-34-20-24/h2-13,18-21,35H,14-17H2,1H3,(H,36,41)(H,37,42)/b29-21+. The van der Waals surface area contributed by atoms with Crippen molar-refractivity contribution < 1.29 is 14.4 Å². The Kier molecular flexibility index (Phi) is 7.49. The molecule has 0 aliphatic carbocycles. The van der Waals surface area contributed by atoms with Gasteiger partial charge in [0.2, 0.25) is 0 Å². The van der Waals surface area contributed by atoms with Crippen LogP contribution in [0.3, 0.4) is 0 Å². The molecule has 2 aliphatic rings. The van der Waals surface area contributed by atoms with E-state index in [0.29, 0.717) is 33.6 Å². The van der Waals surface area contributed by atoms with Crippen LogP contribution in [0, 0.1) is 0 Å². The number of carbonyl (C=O) groups is 3. The van der Waals surface area contributed by atoms with Gasteiger partial charge in [-0.2, -0.15) is 0 Å². The maximum atomic E-state index is 13.3. The summed E-state index contributed by atoms with van der Waals surface area (Å²) in [6.45, 7) is 4.10. The molecule has 2 aliphatic heterocycles. The van der Waals surface area contributed by atoms with Crippen LogP contribution in [0.25, 0.3) is 5.57 Å². The quantitative estimate of drug-likeness (QED) is 0.223. The minimum absolute atomic E-state index is 0.222. The van der Waals surface area contributed by atoms with Gasteiger partial charge in [0.1, 0.15) is 0 Å². The van der Waals surface area contributed by atoms with E-state index in [1.54, 1.807) is 67.0 Å². The summed E-state index contributed by atoms with van der Waals surface area (Å²) < 4.78 is 0. The zero-order valence-electron chi connectivity index (χ0n) is 23.1. The molecular weight excluding hydrogens is 528 g/mol. The van der Waals surface area contributed by atoms with Crippen LogP contribution in [-0.4, -0.2) is 60.7 Å². The molecule has 0 bridgehead atoms. The molecule has 9 heteroatoms. The Bertz CT molecular complexity index is 1680. The van der Waals surface area contributed by atoms with Gasteiger partial charge >= 0.3 is 0 Å². The molecule has 1 aromatic heterocycles. The van der Waals surface area contributed by atoms with Crippen LogP contribution in [0.4, 0.5) is 22.7 Å². The second-order valence-corrected chi connectivity index (χ2v) is 10.4. The number of piperazine rings is 1. The van der Waals surface area contributed by atoms with Gasteiger partial charge in [-0.3, -0.25) is 19.4 Å². The van der Waals surface area contributed by atoms with Crippen molar-refractivity contribution in [3.05, 3.63) is 120 Å². The molecule has 0 saturated carbocycles. The van der Waals surface area contributed by atoms with E-state index in [4.69, 9.17) is 0 Å². The molecule has 3 aromatic carbocycles. The molecule has 3 heterocycles. The minimum Gasteiger partial charge on any atom is -0.369 e. The SMILES string of the molecule is CN1CCN(c2ccc(N/C=C3/C(=O)Nc4cc(C(=O)c5cccc(NC(=O)c6cccnc6)c5)ccc43)cc2)CC1.